The number of rotatable bonds is 5. The number of carbonyl (C=O) groups excluding carboxylic acids is 2. The number of H-pyrrole nitrogens is 1. The van der Waals surface area contributed by atoms with Crippen LogP contribution in [0.3, 0.4) is 0 Å². The number of fused-ring (bicyclic) bond motifs is 1. The van der Waals surface area contributed by atoms with Gasteiger partial charge in [0.1, 0.15) is 17.2 Å². The van der Waals surface area contributed by atoms with Gasteiger partial charge in [0, 0.05) is 41.7 Å². The molecule has 7 nitrogen and oxygen atoms in total. The van der Waals surface area contributed by atoms with E-state index in [9.17, 15) is 9.59 Å². The highest BCUT2D eigenvalue weighted by atomic mass is 16.5. The van der Waals surface area contributed by atoms with Gasteiger partial charge in [0.25, 0.3) is 5.91 Å². The Morgan fingerprint density at radius 1 is 1.11 bits per heavy atom. The Hall–Kier alpha value is -3.48. The van der Waals surface area contributed by atoms with Gasteiger partial charge in [0.15, 0.2) is 0 Å². The summed E-state index contributed by atoms with van der Waals surface area (Å²) in [5.74, 6) is 1.10. The summed E-state index contributed by atoms with van der Waals surface area (Å²) in [6, 6.07) is 12.7. The van der Waals surface area contributed by atoms with E-state index in [2.05, 4.69) is 10.3 Å². The maximum atomic E-state index is 12.7. The molecule has 144 valence electrons. The molecule has 4 rings (SSSR count). The zero-order valence-corrected chi connectivity index (χ0v) is 15.7. The number of benzene rings is 2. The van der Waals surface area contributed by atoms with Crippen molar-refractivity contribution < 1.29 is 19.1 Å². The normalized spacial score (nSPS) is 13.8. The fourth-order valence-corrected chi connectivity index (χ4v) is 3.44. The van der Waals surface area contributed by atoms with Gasteiger partial charge in [0.2, 0.25) is 5.91 Å². The lowest BCUT2D eigenvalue weighted by Crippen LogP contribution is -2.24. The molecule has 7 heteroatoms. The van der Waals surface area contributed by atoms with E-state index in [1.54, 1.807) is 43.4 Å². The molecular weight excluding hydrogens is 358 g/mol. The van der Waals surface area contributed by atoms with E-state index in [1.165, 1.54) is 0 Å². The van der Waals surface area contributed by atoms with Gasteiger partial charge in [-0.2, -0.15) is 0 Å². The van der Waals surface area contributed by atoms with Crippen molar-refractivity contribution in [1.29, 1.82) is 0 Å². The van der Waals surface area contributed by atoms with Gasteiger partial charge in [-0.05, 0) is 36.8 Å². The highest BCUT2D eigenvalue weighted by Crippen LogP contribution is 2.34. The third kappa shape index (κ3) is 3.26. The molecule has 1 saturated heterocycles. The molecule has 0 aliphatic carbocycles. The molecule has 0 unspecified atom stereocenters. The number of nitrogens with one attached hydrogen (secondary N) is 2. The zero-order valence-electron chi connectivity index (χ0n) is 15.7. The summed E-state index contributed by atoms with van der Waals surface area (Å²) in [7, 11) is 3.15. The second kappa shape index (κ2) is 7.26. The van der Waals surface area contributed by atoms with Gasteiger partial charge in [0.05, 0.1) is 19.9 Å². The molecule has 3 aromatic rings. The molecule has 28 heavy (non-hydrogen) atoms. The SMILES string of the molecule is COc1ccc2cc(C(=O)Nc3ccc(N4CCCC4=O)c(OC)c3)[nH]c2c1. The first-order chi connectivity index (χ1) is 13.6. The van der Waals surface area contributed by atoms with Crippen molar-refractivity contribution in [3.63, 3.8) is 0 Å². The van der Waals surface area contributed by atoms with E-state index < -0.39 is 0 Å². The fourth-order valence-electron chi connectivity index (χ4n) is 3.44. The van der Waals surface area contributed by atoms with Crippen molar-refractivity contribution in [2.75, 3.05) is 31.0 Å². The van der Waals surface area contributed by atoms with E-state index >= 15 is 0 Å². The molecule has 0 radical (unpaired) electrons. The summed E-state index contributed by atoms with van der Waals surface area (Å²) < 4.78 is 10.7. The van der Waals surface area contributed by atoms with Crippen molar-refractivity contribution in [3.05, 3.63) is 48.2 Å². The monoisotopic (exact) mass is 379 g/mol. The van der Waals surface area contributed by atoms with Crippen LogP contribution in [-0.2, 0) is 4.79 Å². The van der Waals surface area contributed by atoms with E-state index in [-0.39, 0.29) is 11.8 Å². The number of methoxy groups -OCH3 is 2. The van der Waals surface area contributed by atoms with Crippen molar-refractivity contribution >= 4 is 34.1 Å². The average molecular weight is 379 g/mol. The van der Waals surface area contributed by atoms with Crippen LogP contribution in [0.15, 0.2) is 42.5 Å². The van der Waals surface area contributed by atoms with Gasteiger partial charge in [-0.25, -0.2) is 0 Å². The Labute approximate surface area is 162 Å². The summed E-state index contributed by atoms with van der Waals surface area (Å²) in [6.45, 7) is 0.680. The average Bonchev–Trinajstić information content (AvgIpc) is 3.33. The second-order valence-electron chi connectivity index (χ2n) is 6.63. The summed E-state index contributed by atoms with van der Waals surface area (Å²) in [5.41, 5.74) is 2.58. The number of hydrogen-bond acceptors (Lipinski definition) is 4. The topological polar surface area (TPSA) is 83.7 Å². The fraction of sp³-hybridized carbons (Fsp3) is 0.238. The molecule has 0 spiro atoms. The van der Waals surface area contributed by atoms with Crippen LogP contribution >= 0.6 is 0 Å². The quantitative estimate of drug-likeness (QED) is 0.710. The van der Waals surface area contributed by atoms with Crippen LogP contribution in [0.5, 0.6) is 11.5 Å². The van der Waals surface area contributed by atoms with Crippen LogP contribution in [0.4, 0.5) is 11.4 Å². The smallest absolute Gasteiger partial charge is 0.272 e. The Morgan fingerprint density at radius 2 is 1.96 bits per heavy atom. The molecule has 1 aliphatic rings. The standard InChI is InChI=1S/C21H21N3O4/c1-27-15-7-5-13-10-17(23-16(13)12-15)21(26)22-14-6-8-18(19(11-14)28-2)24-9-3-4-20(24)25/h5-8,10-12,23H,3-4,9H2,1-2H3,(H,22,26). The molecular formula is C21H21N3O4. The van der Waals surface area contributed by atoms with E-state index in [4.69, 9.17) is 9.47 Å². The van der Waals surface area contributed by atoms with Gasteiger partial charge >= 0.3 is 0 Å². The highest BCUT2D eigenvalue weighted by Gasteiger charge is 2.24. The van der Waals surface area contributed by atoms with Crippen LogP contribution in [-0.4, -0.2) is 37.6 Å². The van der Waals surface area contributed by atoms with E-state index in [0.29, 0.717) is 30.1 Å². The molecule has 0 saturated carbocycles. The lowest BCUT2D eigenvalue weighted by Gasteiger charge is -2.19. The second-order valence-corrected chi connectivity index (χ2v) is 6.63. The first kappa shape index (κ1) is 17.9. The summed E-state index contributed by atoms with van der Waals surface area (Å²) in [4.78, 5) is 29.5. The third-order valence-corrected chi connectivity index (χ3v) is 4.88. The first-order valence-corrected chi connectivity index (χ1v) is 9.05. The minimum atomic E-state index is -0.262. The van der Waals surface area contributed by atoms with Crippen LogP contribution < -0.4 is 19.7 Å². The van der Waals surface area contributed by atoms with Crippen molar-refractivity contribution in [1.82, 2.24) is 4.98 Å². The largest absolute Gasteiger partial charge is 0.497 e. The van der Waals surface area contributed by atoms with Crippen molar-refractivity contribution in [2.45, 2.75) is 12.8 Å². The van der Waals surface area contributed by atoms with Gasteiger partial charge in [-0.1, -0.05) is 0 Å². The summed E-state index contributed by atoms with van der Waals surface area (Å²) in [5, 5.41) is 3.79. The predicted octanol–water partition coefficient (Wildman–Crippen LogP) is 3.56. The number of nitrogens with zero attached hydrogens (tertiary/aromatic N) is 1. The summed E-state index contributed by atoms with van der Waals surface area (Å²) >= 11 is 0. The van der Waals surface area contributed by atoms with Crippen LogP contribution in [0.25, 0.3) is 10.9 Å². The Kier molecular flexibility index (Phi) is 4.65. The minimum absolute atomic E-state index is 0.0867. The molecule has 2 heterocycles. The van der Waals surface area contributed by atoms with Crippen LogP contribution in [0.2, 0.25) is 0 Å². The minimum Gasteiger partial charge on any atom is -0.497 e. The number of aromatic amines is 1. The number of amides is 2. The molecule has 2 amide bonds. The van der Waals surface area contributed by atoms with Gasteiger partial charge in [-0.3, -0.25) is 9.59 Å². The lowest BCUT2D eigenvalue weighted by atomic mass is 10.2. The molecule has 0 atom stereocenters. The first-order valence-electron chi connectivity index (χ1n) is 9.05. The molecule has 1 aliphatic heterocycles. The maximum Gasteiger partial charge on any atom is 0.272 e. The van der Waals surface area contributed by atoms with Crippen molar-refractivity contribution in [2.24, 2.45) is 0 Å². The Bertz CT molecular complexity index is 1060. The molecule has 2 aromatic carbocycles. The molecule has 1 aromatic heterocycles. The predicted molar refractivity (Wildman–Crippen MR) is 107 cm³/mol. The van der Waals surface area contributed by atoms with Gasteiger partial charge in [-0.15, -0.1) is 0 Å². The Morgan fingerprint density at radius 3 is 2.68 bits per heavy atom. The molecule has 1 fully saturated rings. The lowest BCUT2D eigenvalue weighted by molar-refractivity contribution is -0.117. The number of hydrogen-bond donors (Lipinski definition) is 2. The number of aromatic nitrogens is 1. The number of anilines is 2. The Balaban J connectivity index is 1.56. The zero-order chi connectivity index (χ0) is 19.7. The third-order valence-electron chi connectivity index (χ3n) is 4.88. The van der Waals surface area contributed by atoms with E-state index in [1.807, 2.05) is 18.2 Å². The number of carbonyl (C=O) groups is 2. The van der Waals surface area contributed by atoms with Crippen LogP contribution in [0, 0.1) is 0 Å². The van der Waals surface area contributed by atoms with Crippen molar-refractivity contribution in [3.8, 4) is 11.5 Å². The maximum absolute atomic E-state index is 12.7. The molecule has 2 N–H and O–H groups in total. The number of ether oxygens (including phenoxy) is 2. The van der Waals surface area contributed by atoms with Gasteiger partial charge < -0.3 is 24.7 Å². The van der Waals surface area contributed by atoms with Crippen LogP contribution in [0.1, 0.15) is 23.3 Å². The molecule has 0 bridgehead atoms. The summed E-state index contributed by atoms with van der Waals surface area (Å²) in [6.07, 6.45) is 1.39. The van der Waals surface area contributed by atoms with E-state index in [0.717, 1.165) is 28.8 Å². The highest BCUT2D eigenvalue weighted by molar-refractivity contribution is 6.06.